The number of amides is 2. The minimum Gasteiger partial charge on any atom is -0.388 e. The molecule has 0 aliphatic carbocycles. The smallest absolute Gasteiger partial charge is 0.257 e. The first-order chi connectivity index (χ1) is 17.9. The van der Waals surface area contributed by atoms with Crippen molar-refractivity contribution < 1.29 is 19.4 Å². The van der Waals surface area contributed by atoms with Gasteiger partial charge in [0.25, 0.3) is 11.8 Å². The predicted octanol–water partition coefficient (Wildman–Crippen LogP) is 4.87. The third-order valence-corrected chi connectivity index (χ3v) is 7.49. The van der Waals surface area contributed by atoms with Gasteiger partial charge in [-0.2, -0.15) is 0 Å². The summed E-state index contributed by atoms with van der Waals surface area (Å²) in [7, 11) is 0. The Morgan fingerprint density at radius 3 is 2.62 bits per heavy atom. The zero-order valence-corrected chi connectivity index (χ0v) is 21.2. The largest absolute Gasteiger partial charge is 0.388 e. The number of nitrogens with one attached hydrogen (secondary N) is 3. The summed E-state index contributed by atoms with van der Waals surface area (Å²) < 4.78 is 6.32. The van der Waals surface area contributed by atoms with Gasteiger partial charge in [-0.3, -0.25) is 9.59 Å². The van der Waals surface area contributed by atoms with Crippen molar-refractivity contribution in [3.8, 4) is 0 Å². The van der Waals surface area contributed by atoms with Crippen LogP contribution >= 0.6 is 11.3 Å². The second-order valence-electron chi connectivity index (χ2n) is 9.18. The van der Waals surface area contributed by atoms with Gasteiger partial charge in [-0.25, -0.2) is 4.98 Å². The molecular weight excluding hydrogens is 488 g/mol. The summed E-state index contributed by atoms with van der Waals surface area (Å²) >= 11 is 1.50. The van der Waals surface area contributed by atoms with Crippen LogP contribution in [-0.2, 0) is 4.74 Å². The van der Waals surface area contributed by atoms with Crippen molar-refractivity contribution in [3.63, 3.8) is 0 Å². The maximum Gasteiger partial charge on any atom is 0.257 e. The minimum absolute atomic E-state index is 0.112. The second kappa shape index (κ2) is 10.7. The van der Waals surface area contributed by atoms with E-state index in [1.165, 1.54) is 17.5 Å². The summed E-state index contributed by atoms with van der Waals surface area (Å²) in [6.45, 7) is 3.00. The molecular formula is C28H28N4O4S. The highest BCUT2D eigenvalue weighted by Crippen LogP contribution is 2.30. The SMILES string of the molecule is Cc1ccccc1Nc1ncc(C(=O)NCC2(O)CCOCC2)cc1NC(=O)c1csc2ccccc12. The Bertz CT molecular complexity index is 1450. The molecule has 37 heavy (non-hydrogen) atoms. The van der Waals surface area contributed by atoms with Crippen LogP contribution in [0.4, 0.5) is 17.2 Å². The van der Waals surface area contributed by atoms with E-state index in [-0.39, 0.29) is 23.9 Å². The van der Waals surface area contributed by atoms with Crippen molar-refractivity contribution in [1.82, 2.24) is 10.3 Å². The molecule has 8 nitrogen and oxygen atoms in total. The van der Waals surface area contributed by atoms with E-state index in [4.69, 9.17) is 4.74 Å². The van der Waals surface area contributed by atoms with E-state index in [0.717, 1.165) is 21.3 Å². The molecule has 190 valence electrons. The molecule has 1 saturated heterocycles. The monoisotopic (exact) mass is 516 g/mol. The fourth-order valence-electron chi connectivity index (χ4n) is 4.24. The zero-order valence-electron chi connectivity index (χ0n) is 20.4. The molecule has 2 aromatic heterocycles. The number of fused-ring (bicyclic) bond motifs is 1. The van der Waals surface area contributed by atoms with Crippen LogP contribution in [0.25, 0.3) is 10.1 Å². The van der Waals surface area contributed by atoms with Gasteiger partial charge in [0.05, 0.1) is 22.4 Å². The third kappa shape index (κ3) is 5.64. The van der Waals surface area contributed by atoms with Crippen molar-refractivity contribution in [2.45, 2.75) is 25.4 Å². The van der Waals surface area contributed by atoms with Gasteiger partial charge in [-0.1, -0.05) is 36.4 Å². The molecule has 2 aromatic carbocycles. The topological polar surface area (TPSA) is 113 Å². The number of benzene rings is 2. The number of aromatic nitrogens is 1. The van der Waals surface area contributed by atoms with E-state index >= 15 is 0 Å². The van der Waals surface area contributed by atoms with Crippen molar-refractivity contribution in [3.05, 3.63) is 82.9 Å². The summed E-state index contributed by atoms with van der Waals surface area (Å²) in [5, 5.41) is 22.4. The number of aliphatic hydroxyl groups is 1. The first kappa shape index (κ1) is 24.9. The number of carbonyl (C=O) groups is 2. The van der Waals surface area contributed by atoms with E-state index in [9.17, 15) is 14.7 Å². The zero-order chi connectivity index (χ0) is 25.8. The fraction of sp³-hybridized carbons (Fsp3) is 0.250. The van der Waals surface area contributed by atoms with Crippen LogP contribution in [0.5, 0.6) is 0 Å². The maximum atomic E-state index is 13.3. The van der Waals surface area contributed by atoms with Crippen LogP contribution in [0.15, 0.2) is 66.2 Å². The van der Waals surface area contributed by atoms with Gasteiger partial charge in [0.1, 0.15) is 0 Å². The van der Waals surface area contributed by atoms with Crippen LogP contribution in [-0.4, -0.2) is 47.3 Å². The number of thiophene rings is 1. The summed E-state index contributed by atoms with van der Waals surface area (Å²) in [6, 6.07) is 17.1. The summed E-state index contributed by atoms with van der Waals surface area (Å²) in [4.78, 5) is 30.8. The van der Waals surface area contributed by atoms with Crippen molar-refractivity contribution in [2.24, 2.45) is 0 Å². The average Bonchev–Trinajstić information content (AvgIpc) is 3.34. The number of anilines is 3. The van der Waals surface area contributed by atoms with Gasteiger partial charge >= 0.3 is 0 Å². The van der Waals surface area contributed by atoms with Crippen LogP contribution in [0.3, 0.4) is 0 Å². The number of pyridine rings is 1. The molecule has 0 unspecified atom stereocenters. The quantitative estimate of drug-likeness (QED) is 0.279. The average molecular weight is 517 g/mol. The number of carbonyl (C=O) groups excluding carboxylic acids is 2. The van der Waals surface area contributed by atoms with Gasteiger partial charge < -0.3 is 25.8 Å². The lowest BCUT2D eigenvalue weighted by Gasteiger charge is -2.32. The Hall–Kier alpha value is -3.79. The number of hydrogen-bond acceptors (Lipinski definition) is 7. The maximum absolute atomic E-state index is 13.3. The van der Waals surface area contributed by atoms with Crippen LogP contribution < -0.4 is 16.0 Å². The van der Waals surface area contributed by atoms with Gasteiger partial charge in [0, 0.05) is 60.0 Å². The summed E-state index contributed by atoms with van der Waals surface area (Å²) in [5.41, 5.74) is 2.06. The molecule has 4 N–H and O–H groups in total. The van der Waals surface area contributed by atoms with Crippen LogP contribution in [0.1, 0.15) is 39.1 Å². The molecule has 4 aromatic rings. The lowest BCUT2D eigenvalue weighted by atomic mass is 9.94. The van der Waals surface area contributed by atoms with E-state index in [2.05, 4.69) is 20.9 Å². The van der Waals surface area contributed by atoms with Gasteiger partial charge in [-0.15, -0.1) is 11.3 Å². The van der Waals surface area contributed by atoms with E-state index in [0.29, 0.717) is 43.1 Å². The number of ether oxygens (including phenoxy) is 1. The molecule has 0 bridgehead atoms. The van der Waals surface area contributed by atoms with Crippen molar-refractivity contribution in [2.75, 3.05) is 30.4 Å². The molecule has 2 amide bonds. The first-order valence-electron chi connectivity index (χ1n) is 12.1. The molecule has 9 heteroatoms. The Kier molecular flexibility index (Phi) is 7.18. The first-order valence-corrected chi connectivity index (χ1v) is 13.0. The third-order valence-electron chi connectivity index (χ3n) is 6.52. The molecule has 3 heterocycles. The number of para-hydroxylation sites is 1. The molecule has 1 aliphatic rings. The molecule has 0 atom stereocenters. The molecule has 5 rings (SSSR count). The lowest BCUT2D eigenvalue weighted by Crippen LogP contribution is -2.46. The summed E-state index contributed by atoms with van der Waals surface area (Å²) in [6.07, 6.45) is 2.38. The van der Waals surface area contributed by atoms with E-state index in [1.807, 2.05) is 60.8 Å². The van der Waals surface area contributed by atoms with Crippen LogP contribution in [0.2, 0.25) is 0 Å². The summed E-state index contributed by atoms with van der Waals surface area (Å²) in [5.74, 6) is -0.255. The van der Waals surface area contributed by atoms with Crippen molar-refractivity contribution >= 4 is 50.4 Å². The molecule has 1 aliphatic heterocycles. The van der Waals surface area contributed by atoms with Gasteiger partial charge in [0.15, 0.2) is 5.82 Å². The molecule has 0 spiro atoms. The van der Waals surface area contributed by atoms with Crippen molar-refractivity contribution in [1.29, 1.82) is 0 Å². The van der Waals surface area contributed by atoms with E-state index < -0.39 is 5.60 Å². The normalized spacial score (nSPS) is 14.8. The Labute approximate surface area is 218 Å². The Morgan fingerprint density at radius 2 is 1.81 bits per heavy atom. The second-order valence-corrected chi connectivity index (χ2v) is 10.1. The molecule has 0 saturated carbocycles. The Balaban J connectivity index is 1.42. The number of nitrogens with zero attached hydrogens (tertiary/aromatic N) is 1. The highest BCUT2D eigenvalue weighted by atomic mass is 32.1. The van der Waals surface area contributed by atoms with E-state index in [1.54, 1.807) is 6.07 Å². The number of aryl methyl sites for hydroxylation is 1. The fourth-order valence-corrected chi connectivity index (χ4v) is 5.18. The molecule has 1 fully saturated rings. The Morgan fingerprint density at radius 1 is 1.05 bits per heavy atom. The minimum atomic E-state index is -0.995. The lowest BCUT2D eigenvalue weighted by molar-refractivity contribution is -0.0605. The highest BCUT2D eigenvalue weighted by Gasteiger charge is 2.30. The number of rotatable bonds is 7. The highest BCUT2D eigenvalue weighted by molar-refractivity contribution is 7.17. The predicted molar refractivity (Wildman–Crippen MR) is 146 cm³/mol. The molecule has 0 radical (unpaired) electrons. The van der Waals surface area contributed by atoms with Gasteiger partial charge in [0.2, 0.25) is 0 Å². The van der Waals surface area contributed by atoms with Crippen LogP contribution in [0, 0.1) is 6.92 Å². The standard InChI is InChI=1S/C28H28N4O4S/c1-18-6-2-4-8-22(18)31-25-23(32-27(34)21-16-37-24-9-5-3-7-20(21)24)14-19(15-29-25)26(33)30-17-28(35)10-12-36-13-11-28/h2-9,14-16,35H,10-13,17H2,1H3,(H,29,31)(H,30,33)(H,32,34). The van der Waals surface area contributed by atoms with Gasteiger partial charge in [-0.05, 0) is 30.7 Å². The number of hydrogen-bond donors (Lipinski definition) is 4.